The summed E-state index contributed by atoms with van der Waals surface area (Å²) >= 11 is 0. The van der Waals surface area contributed by atoms with Crippen LogP contribution in [-0.4, -0.2) is 13.2 Å². The lowest BCUT2D eigenvalue weighted by Crippen LogP contribution is -2.23. The molecule has 0 saturated heterocycles. The van der Waals surface area contributed by atoms with Crippen molar-refractivity contribution in [1.29, 1.82) is 0 Å². The van der Waals surface area contributed by atoms with E-state index in [0.717, 1.165) is 42.9 Å². The summed E-state index contributed by atoms with van der Waals surface area (Å²) in [5, 5.41) is 3.82. The van der Waals surface area contributed by atoms with Gasteiger partial charge in [-0.2, -0.15) is 0 Å². The maximum absolute atomic E-state index is 5.28. The molecule has 0 aromatic heterocycles. The Morgan fingerprint density at radius 2 is 1.79 bits per heavy atom. The molecule has 0 amide bonds. The zero-order valence-electron chi connectivity index (χ0n) is 11.6. The fourth-order valence-corrected chi connectivity index (χ4v) is 4.85. The molecule has 2 bridgehead atoms. The second-order valence-corrected chi connectivity index (χ2v) is 6.60. The Morgan fingerprint density at radius 3 is 2.47 bits per heavy atom. The second kappa shape index (κ2) is 4.60. The molecule has 1 N–H and O–H groups in total. The summed E-state index contributed by atoms with van der Waals surface area (Å²) in [5.41, 5.74) is 2.73. The molecule has 0 radical (unpaired) electrons. The van der Waals surface area contributed by atoms with E-state index in [-0.39, 0.29) is 0 Å². The summed E-state index contributed by atoms with van der Waals surface area (Å²) in [6.45, 7) is 1.73. The first-order chi connectivity index (χ1) is 9.38. The molecule has 4 atom stereocenters. The number of methoxy groups -OCH3 is 1. The monoisotopic (exact) mass is 257 g/mol. The van der Waals surface area contributed by atoms with Crippen LogP contribution in [0.2, 0.25) is 0 Å². The van der Waals surface area contributed by atoms with Crippen LogP contribution in [0.1, 0.15) is 30.4 Å². The molecular weight excluding hydrogens is 234 g/mol. The van der Waals surface area contributed by atoms with Crippen LogP contribution in [0, 0.1) is 23.7 Å². The molecule has 4 unspecified atom stereocenters. The number of benzene rings is 1. The Bertz CT molecular complexity index is 456. The van der Waals surface area contributed by atoms with Crippen molar-refractivity contribution in [3.8, 4) is 0 Å². The van der Waals surface area contributed by atoms with Crippen molar-refractivity contribution >= 4 is 0 Å². The normalized spacial score (nSPS) is 38.5. The van der Waals surface area contributed by atoms with Gasteiger partial charge in [-0.3, -0.25) is 0 Å². The van der Waals surface area contributed by atoms with E-state index < -0.39 is 0 Å². The van der Waals surface area contributed by atoms with Crippen LogP contribution < -0.4 is 5.32 Å². The third-order valence-electron chi connectivity index (χ3n) is 5.68. The highest BCUT2D eigenvalue weighted by atomic mass is 16.5. The summed E-state index contributed by atoms with van der Waals surface area (Å²) in [7, 11) is 1.77. The lowest BCUT2D eigenvalue weighted by molar-refractivity contribution is 0.184. The first-order valence-electron chi connectivity index (χ1n) is 7.67. The summed E-state index contributed by atoms with van der Waals surface area (Å²) < 4.78 is 5.28. The van der Waals surface area contributed by atoms with Gasteiger partial charge in [0, 0.05) is 19.7 Å². The third kappa shape index (κ3) is 1.93. The average Bonchev–Trinajstić information content (AvgIpc) is 2.81. The van der Waals surface area contributed by atoms with Crippen molar-refractivity contribution in [2.75, 3.05) is 7.11 Å². The van der Waals surface area contributed by atoms with Gasteiger partial charge in [-0.15, -0.1) is 0 Å². The van der Waals surface area contributed by atoms with Crippen molar-refractivity contribution in [3.63, 3.8) is 0 Å². The smallest absolute Gasteiger partial charge is 0.0716 e. The number of hydrogen-bond donors (Lipinski definition) is 1. The van der Waals surface area contributed by atoms with E-state index >= 15 is 0 Å². The van der Waals surface area contributed by atoms with E-state index in [4.69, 9.17) is 4.74 Å². The van der Waals surface area contributed by atoms with Crippen molar-refractivity contribution in [1.82, 2.24) is 5.32 Å². The molecule has 102 valence electrons. The van der Waals surface area contributed by atoms with E-state index in [0.29, 0.717) is 0 Å². The van der Waals surface area contributed by atoms with Crippen LogP contribution in [-0.2, 0) is 17.9 Å². The largest absolute Gasteiger partial charge is 0.380 e. The average molecular weight is 257 g/mol. The molecule has 1 aromatic rings. The standard InChI is InChI=1S/C17H23NO/c1-19-10-14-5-3-2-4-13(14)9-18-17-15-11-6-7-12(8-11)16(15)17/h2-5,11-12,15-18H,6-10H2,1H3. The highest BCUT2D eigenvalue weighted by Crippen LogP contribution is 2.65. The van der Waals surface area contributed by atoms with Crippen LogP contribution in [0.15, 0.2) is 24.3 Å². The molecular formula is C17H23NO. The second-order valence-electron chi connectivity index (χ2n) is 6.60. The van der Waals surface area contributed by atoms with Crippen molar-refractivity contribution in [2.45, 2.75) is 38.5 Å². The van der Waals surface area contributed by atoms with Gasteiger partial charge in [-0.25, -0.2) is 0 Å². The Labute approximate surface area is 115 Å². The number of ether oxygens (including phenoxy) is 1. The van der Waals surface area contributed by atoms with Gasteiger partial charge in [0.05, 0.1) is 6.61 Å². The highest BCUT2D eigenvalue weighted by Gasteiger charge is 2.64. The van der Waals surface area contributed by atoms with Crippen LogP contribution in [0.25, 0.3) is 0 Å². The molecule has 0 heterocycles. The quantitative estimate of drug-likeness (QED) is 0.875. The first-order valence-corrected chi connectivity index (χ1v) is 7.67. The van der Waals surface area contributed by atoms with E-state index in [1.165, 1.54) is 30.4 Å². The predicted octanol–water partition coefficient (Wildman–Crippen LogP) is 2.97. The lowest BCUT2D eigenvalue weighted by Gasteiger charge is -2.13. The Hall–Kier alpha value is -0.860. The molecule has 0 aliphatic heterocycles. The maximum Gasteiger partial charge on any atom is 0.0716 e. The summed E-state index contributed by atoms with van der Waals surface area (Å²) in [4.78, 5) is 0. The van der Waals surface area contributed by atoms with Crippen LogP contribution in [0.4, 0.5) is 0 Å². The zero-order chi connectivity index (χ0) is 12.8. The Balaban J connectivity index is 1.39. The van der Waals surface area contributed by atoms with E-state index in [9.17, 15) is 0 Å². The van der Waals surface area contributed by atoms with Crippen molar-refractivity contribution in [2.24, 2.45) is 23.7 Å². The van der Waals surface area contributed by atoms with Crippen LogP contribution >= 0.6 is 0 Å². The first kappa shape index (κ1) is 11.9. The Kier molecular flexibility index (Phi) is 2.89. The molecule has 4 rings (SSSR count). The van der Waals surface area contributed by atoms with Crippen LogP contribution in [0.3, 0.4) is 0 Å². The molecule has 3 aliphatic carbocycles. The zero-order valence-corrected chi connectivity index (χ0v) is 11.6. The minimum atomic E-state index is 0.723. The third-order valence-corrected chi connectivity index (χ3v) is 5.68. The Morgan fingerprint density at radius 1 is 1.11 bits per heavy atom. The van der Waals surface area contributed by atoms with E-state index in [1.54, 1.807) is 7.11 Å². The molecule has 2 heteroatoms. The van der Waals surface area contributed by atoms with Gasteiger partial charge in [0.2, 0.25) is 0 Å². The fourth-order valence-electron chi connectivity index (χ4n) is 4.85. The summed E-state index contributed by atoms with van der Waals surface area (Å²) in [6.07, 6.45) is 4.54. The van der Waals surface area contributed by atoms with Gasteiger partial charge in [-0.05, 0) is 54.1 Å². The van der Waals surface area contributed by atoms with E-state index in [2.05, 4.69) is 29.6 Å². The van der Waals surface area contributed by atoms with Gasteiger partial charge in [0.25, 0.3) is 0 Å². The van der Waals surface area contributed by atoms with E-state index in [1.807, 2.05) is 0 Å². The van der Waals surface area contributed by atoms with Gasteiger partial charge >= 0.3 is 0 Å². The summed E-state index contributed by atoms with van der Waals surface area (Å²) in [5.74, 6) is 4.16. The highest BCUT2D eigenvalue weighted by molar-refractivity contribution is 5.27. The molecule has 0 spiro atoms. The fraction of sp³-hybridized carbons (Fsp3) is 0.647. The molecule has 3 fully saturated rings. The van der Waals surface area contributed by atoms with Gasteiger partial charge in [-0.1, -0.05) is 24.3 Å². The minimum Gasteiger partial charge on any atom is -0.380 e. The number of hydrogen-bond acceptors (Lipinski definition) is 2. The van der Waals surface area contributed by atoms with Crippen LogP contribution in [0.5, 0.6) is 0 Å². The van der Waals surface area contributed by atoms with Gasteiger partial charge in [0.1, 0.15) is 0 Å². The molecule has 1 aromatic carbocycles. The maximum atomic E-state index is 5.28. The van der Waals surface area contributed by atoms with Crippen molar-refractivity contribution < 1.29 is 4.74 Å². The molecule has 3 saturated carbocycles. The molecule has 2 nitrogen and oxygen atoms in total. The SMILES string of the molecule is COCc1ccccc1CNC1C2C3CCC(C3)C12. The predicted molar refractivity (Wildman–Crippen MR) is 75.6 cm³/mol. The molecule has 19 heavy (non-hydrogen) atoms. The van der Waals surface area contributed by atoms with Gasteiger partial charge in [0.15, 0.2) is 0 Å². The van der Waals surface area contributed by atoms with Gasteiger partial charge < -0.3 is 10.1 Å². The number of rotatable bonds is 5. The van der Waals surface area contributed by atoms with Crippen molar-refractivity contribution in [3.05, 3.63) is 35.4 Å². The molecule has 3 aliphatic rings. The number of fused-ring (bicyclic) bond motifs is 5. The lowest BCUT2D eigenvalue weighted by atomic mass is 10.0. The minimum absolute atomic E-state index is 0.723. The topological polar surface area (TPSA) is 21.3 Å². The number of nitrogens with one attached hydrogen (secondary N) is 1. The summed E-state index contributed by atoms with van der Waals surface area (Å²) in [6, 6.07) is 9.46.